The molecular weight excluding hydrogens is 360 g/mol. The molecule has 0 fully saturated rings. The number of carbonyl (C=O) groups excluding carboxylic acids is 1. The molecule has 2 rings (SSSR count). The Morgan fingerprint density at radius 1 is 1.42 bits per heavy atom. The van der Waals surface area contributed by atoms with Gasteiger partial charge in [0.25, 0.3) is 5.91 Å². The Labute approximate surface area is 123 Å². The van der Waals surface area contributed by atoms with Crippen LogP contribution in [0.15, 0.2) is 30.5 Å². The largest absolute Gasteiger partial charge is 0.346 e. The molecule has 0 aliphatic rings. The van der Waals surface area contributed by atoms with Crippen molar-refractivity contribution in [2.45, 2.75) is 13.5 Å². The fourth-order valence-electron chi connectivity index (χ4n) is 1.54. The van der Waals surface area contributed by atoms with Crippen LogP contribution in [0.25, 0.3) is 0 Å². The number of hydrogen-bond donors (Lipinski definition) is 1. The van der Waals surface area contributed by atoms with Crippen LogP contribution in [0.4, 0.5) is 4.39 Å². The predicted molar refractivity (Wildman–Crippen MR) is 77.1 cm³/mol. The van der Waals surface area contributed by atoms with Crippen molar-refractivity contribution in [2.24, 2.45) is 0 Å². The van der Waals surface area contributed by atoms with Gasteiger partial charge in [0.2, 0.25) is 0 Å². The Bertz CT molecular complexity index is 619. The Morgan fingerprint density at radius 2 is 2.21 bits per heavy atom. The molecule has 0 bridgehead atoms. The van der Waals surface area contributed by atoms with Crippen molar-refractivity contribution in [3.8, 4) is 0 Å². The van der Waals surface area contributed by atoms with Crippen molar-refractivity contribution in [3.63, 3.8) is 0 Å². The van der Waals surface area contributed by atoms with Gasteiger partial charge in [0.1, 0.15) is 11.6 Å². The van der Waals surface area contributed by atoms with Gasteiger partial charge in [-0.15, -0.1) is 0 Å². The van der Waals surface area contributed by atoms with Gasteiger partial charge in [-0.3, -0.25) is 4.79 Å². The van der Waals surface area contributed by atoms with Crippen molar-refractivity contribution in [1.29, 1.82) is 0 Å². The van der Waals surface area contributed by atoms with Gasteiger partial charge in [0, 0.05) is 9.77 Å². The van der Waals surface area contributed by atoms with E-state index in [1.165, 1.54) is 18.2 Å². The first kappa shape index (κ1) is 13.9. The third-order valence-corrected chi connectivity index (χ3v) is 3.33. The molecule has 1 N–H and O–H groups in total. The minimum absolute atomic E-state index is 0.249. The zero-order valence-corrected chi connectivity index (χ0v) is 12.3. The monoisotopic (exact) mass is 371 g/mol. The Balaban J connectivity index is 2.05. The summed E-state index contributed by atoms with van der Waals surface area (Å²) in [6, 6.07) is 5.80. The molecule has 19 heavy (non-hydrogen) atoms. The third kappa shape index (κ3) is 3.69. The van der Waals surface area contributed by atoms with Gasteiger partial charge in [-0.2, -0.15) is 0 Å². The van der Waals surface area contributed by atoms with E-state index >= 15 is 0 Å². The van der Waals surface area contributed by atoms with E-state index in [-0.39, 0.29) is 11.7 Å². The highest BCUT2D eigenvalue weighted by Crippen LogP contribution is 2.13. The van der Waals surface area contributed by atoms with Gasteiger partial charge in [0.15, 0.2) is 0 Å². The first-order chi connectivity index (χ1) is 9.06. The van der Waals surface area contributed by atoms with Crippen LogP contribution in [-0.4, -0.2) is 15.9 Å². The van der Waals surface area contributed by atoms with Crippen molar-refractivity contribution in [3.05, 3.63) is 56.9 Å². The van der Waals surface area contributed by atoms with Crippen LogP contribution >= 0.6 is 22.6 Å². The molecule has 1 aromatic carbocycles. The van der Waals surface area contributed by atoms with Gasteiger partial charge in [-0.05, 0) is 53.8 Å². The van der Waals surface area contributed by atoms with Crippen LogP contribution in [-0.2, 0) is 6.54 Å². The highest BCUT2D eigenvalue weighted by Gasteiger charge is 2.10. The van der Waals surface area contributed by atoms with Crippen molar-refractivity contribution in [1.82, 2.24) is 15.3 Å². The summed E-state index contributed by atoms with van der Waals surface area (Å²) in [6.07, 6.45) is 1.64. The topological polar surface area (TPSA) is 54.9 Å². The smallest absolute Gasteiger partial charge is 0.252 e. The minimum Gasteiger partial charge on any atom is -0.346 e. The second-order valence-corrected chi connectivity index (χ2v) is 5.06. The summed E-state index contributed by atoms with van der Waals surface area (Å²) in [5.74, 6) is 0.0520. The van der Waals surface area contributed by atoms with Gasteiger partial charge in [-0.1, -0.05) is 0 Å². The van der Waals surface area contributed by atoms with E-state index in [0.29, 0.717) is 21.5 Å². The molecule has 0 saturated carbocycles. The van der Waals surface area contributed by atoms with Crippen LogP contribution < -0.4 is 5.32 Å². The maximum atomic E-state index is 13.0. The third-order valence-electron chi connectivity index (χ3n) is 2.44. The van der Waals surface area contributed by atoms with Crippen LogP contribution in [0, 0.1) is 16.3 Å². The van der Waals surface area contributed by atoms with E-state index in [0.717, 1.165) is 5.69 Å². The summed E-state index contributed by atoms with van der Waals surface area (Å²) in [6.45, 7) is 2.10. The summed E-state index contributed by atoms with van der Waals surface area (Å²) in [4.78, 5) is 20.1. The number of amides is 1. The summed E-state index contributed by atoms with van der Waals surface area (Å²) in [5.41, 5.74) is 1.19. The molecule has 0 aliphatic carbocycles. The molecule has 0 unspecified atom stereocenters. The summed E-state index contributed by atoms with van der Waals surface area (Å²) in [5, 5.41) is 2.75. The Morgan fingerprint density at radius 3 is 2.89 bits per heavy atom. The van der Waals surface area contributed by atoms with E-state index < -0.39 is 0 Å². The van der Waals surface area contributed by atoms with E-state index in [9.17, 15) is 9.18 Å². The normalized spacial score (nSPS) is 10.3. The van der Waals surface area contributed by atoms with Crippen LogP contribution in [0.5, 0.6) is 0 Å². The average molecular weight is 371 g/mol. The number of hydrogen-bond acceptors (Lipinski definition) is 3. The number of nitrogens with one attached hydrogen (secondary N) is 1. The standard InChI is InChI=1S/C13H11FIN3O/c1-8-16-5-4-10(18-8)7-17-13(19)11-3-2-9(14)6-12(11)15/h2-6H,7H2,1H3,(H,17,19). The average Bonchev–Trinajstić information content (AvgIpc) is 2.36. The highest BCUT2D eigenvalue weighted by molar-refractivity contribution is 14.1. The number of aromatic nitrogens is 2. The second kappa shape index (κ2) is 6.05. The van der Waals surface area contributed by atoms with Crippen molar-refractivity contribution in [2.75, 3.05) is 0 Å². The van der Waals surface area contributed by atoms with Gasteiger partial charge < -0.3 is 5.32 Å². The lowest BCUT2D eigenvalue weighted by Crippen LogP contribution is -2.24. The zero-order chi connectivity index (χ0) is 13.8. The minimum atomic E-state index is -0.354. The zero-order valence-electron chi connectivity index (χ0n) is 10.2. The summed E-state index contributed by atoms with van der Waals surface area (Å²) >= 11 is 1.93. The number of carbonyl (C=O) groups is 1. The van der Waals surface area contributed by atoms with Crippen LogP contribution in [0.1, 0.15) is 21.9 Å². The molecule has 0 spiro atoms. The molecule has 1 amide bonds. The fourth-order valence-corrected chi connectivity index (χ4v) is 2.27. The quantitative estimate of drug-likeness (QED) is 0.844. The van der Waals surface area contributed by atoms with E-state index in [1.54, 1.807) is 19.2 Å². The molecule has 1 aromatic heterocycles. The number of rotatable bonds is 3. The van der Waals surface area contributed by atoms with E-state index in [2.05, 4.69) is 15.3 Å². The number of benzene rings is 1. The Kier molecular flexibility index (Phi) is 4.41. The lowest BCUT2D eigenvalue weighted by atomic mass is 10.2. The molecule has 1 heterocycles. The van der Waals surface area contributed by atoms with Gasteiger partial charge >= 0.3 is 0 Å². The lowest BCUT2D eigenvalue weighted by molar-refractivity contribution is 0.0949. The maximum absolute atomic E-state index is 13.0. The first-order valence-corrected chi connectivity index (χ1v) is 6.66. The second-order valence-electron chi connectivity index (χ2n) is 3.90. The van der Waals surface area contributed by atoms with Gasteiger partial charge in [-0.25, -0.2) is 14.4 Å². The lowest BCUT2D eigenvalue weighted by Gasteiger charge is -2.07. The summed E-state index contributed by atoms with van der Waals surface area (Å²) < 4.78 is 13.5. The van der Waals surface area contributed by atoms with Gasteiger partial charge in [0.05, 0.1) is 17.8 Å². The van der Waals surface area contributed by atoms with Crippen molar-refractivity contribution >= 4 is 28.5 Å². The molecule has 0 atom stereocenters. The molecule has 0 saturated heterocycles. The number of halogens is 2. The predicted octanol–water partition coefficient (Wildman–Crippen LogP) is 2.46. The van der Waals surface area contributed by atoms with Crippen LogP contribution in [0.3, 0.4) is 0 Å². The maximum Gasteiger partial charge on any atom is 0.252 e. The SMILES string of the molecule is Cc1nccc(CNC(=O)c2ccc(F)cc2I)n1. The molecule has 0 radical (unpaired) electrons. The molecule has 2 aromatic rings. The molecule has 0 aliphatic heterocycles. The fraction of sp³-hybridized carbons (Fsp3) is 0.154. The Hall–Kier alpha value is -1.57. The van der Waals surface area contributed by atoms with Crippen molar-refractivity contribution < 1.29 is 9.18 Å². The first-order valence-electron chi connectivity index (χ1n) is 5.58. The van der Waals surface area contributed by atoms with E-state index in [4.69, 9.17) is 0 Å². The van der Waals surface area contributed by atoms with E-state index in [1.807, 2.05) is 22.6 Å². The number of aryl methyl sites for hydroxylation is 1. The molecule has 98 valence electrons. The molecule has 4 nitrogen and oxygen atoms in total. The van der Waals surface area contributed by atoms with Crippen LogP contribution in [0.2, 0.25) is 0 Å². The molecular formula is C13H11FIN3O. The molecule has 6 heteroatoms. The highest BCUT2D eigenvalue weighted by atomic mass is 127. The summed E-state index contributed by atoms with van der Waals surface area (Å²) in [7, 11) is 0. The number of nitrogens with zero attached hydrogens (tertiary/aromatic N) is 2.